The van der Waals surface area contributed by atoms with Crippen LogP contribution < -0.4 is 0 Å². The third kappa shape index (κ3) is 3.22. The number of ketones is 3. The summed E-state index contributed by atoms with van der Waals surface area (Å²) >= 11 is 0. The van der Waals surface area contributed by atoms with Crippen molar-refractivity contribution in [2.75, 3.05) is 0 Å². The predicted molar refractivity (Wildman–Crippen MR) is 127 cm³/mol. The molecule has 1 aromatic carbocycles. The zero-order valence-corrected chi connectivity index (χ0v) is 20.4. The molecular formula is C29H35FO4. The zero-order valence-electron chi connectivity index (χ0n) is 20.4. The molecule has 5 heteroatoms. The Hall–Kier alpha value is -2.14. The molecule has 5 rings (SSSR count). The molecule has 4 aliphatic rings. The van der Waals surface area contributed by atoms with E-state index in [1.165, 1.54) is 23.8 Å². The van der Waals surface area contributed by atoms with Crippen LogP contribution in [0.25, 0.3) is 0 Å². The van der Waals surface area contributed by atoms with E-state index in [1.807, 2.05) is 13.8 Å². The Kier molecular flexibility index (Phi) is 5.51. The summed E-state index contributed by atoms with van der Waals surface area (Å²) < 4.78 is 14.1. The summed E-state index contributed by atoms with van der Waals surface area (Å²) in [5.74, 6) is -0.422. The highest BCUT2D eigenvalue weighted by atomic mass is 19.1. The number of benzene rings is 1. The maximum absolute atomic E-state index is 14.1. The van der Waals surface area contributed by atoms with Crippen molar-refractivity contribution in [3.05, 3.63) is 47.3 Å². The zero-order chi connectivity index (χ0) is 24.5. The van der Waals surface area contributed by atoms with Crippen LogP contribution in [0.5, 0.6) is 0 Å². The van der Waals surface area contributed by atoms with Gasteiger partial charge in [0, 0.05) is 17.8 Å². The van der Waals surface area contributed by atoms with Crippen LogP contribution in [-0.2, 0) is 9.59 Å². The molecule has 0 aliphatic heterocycles. The number of hydrogen-bond donors (Lipinski definition) is 1. The molecule has 182 valence electrons. The molecule has 34 heavy (non-hydrogen) atoms. The van der Waals surface area contributed by atoms with Crippen molar-refractivity contribution in [3.63, 3.8) is 0 Å². The van der Waals surface area contributed by atoms with Crippen LogP contribution in [0.15, 0.2) is 35.9 Å². The maximum atomic E-state index is 14.1. The molecule has 1 aromatic rings. The molecule has 0 heterocycles. The summed E-state index contributed by atoms with van der Waals surface area (Å²) in [5.41, 5.74) is -0.897. The van der Waals surface area contributed by atoms with Gasteiger partial charge in [-0.3, -0.25) is 14.4 Å². The summed E-state index contributed by atoms with van der Waals surface area (Å²) in [6.07, 6.45) is 6.96. The van der Waals surface area contributed by atoms with Crippen LogP contribution in [0.4, 0.5) is 4.39 Å². The van der Waals surface area contributed by atoms with Gasteiger partial charge in [0.25, 0.3) is 0 Å². The molecule has 7 atom stereocenters. The summed E-state index contributed by atoms with van der Waals surface area (Å²) in [4.78, 5) is 38.5. The SMILES string of the molecule is CC1C[C@]2(C)C3=CC[C@@]4(C)[C@@H](CC[C@]4(O)C(=O)CC(=O)c4ccccc4F)[C@@H]3CCC2CC1=O. The van der Waals surface area contributed by atoms with E-state index < -0.39 is 34.8 Å². The average Bonchev–Trinajstić information content (AvgIpc) is 3.07. The first-order valence-electron chi connectivity index (χ1n) is 12.8. The Morgan fingerprint density at radius 3 is 2.62 bits per heavy atom. The molecule has 0 spiro atoms. The monoisotopic (exact) mass is 466 g/mol. The Bertz CT molecular complexity index is 1090. The van der Waals surface area contributed by atoms with Gasteiger partial charge in [0.1, 0.15) is 17.2 Å². The highest BCUT2D eigenvalue weighted by molar-refractivity contribution is 6.10. The Balaban J connectivity index is 1.42. The quantitative estimate of drug-likeness (QED) is 0.363. The molecule has 4 nitrogen and oxygen atoms in total. The van der Waals surface area contributed by atoms with Crippen LogP contribution >= 0.6 is 0 Å². The van der Waals surface area contributed by atoms with Gasteiger partial charge < -0.3 is 5.11 Å². The van der Waals surface area contributed by atoms with Gasteiger partial charge in [-0.15, -0.1) is 0 Å². The van der Waals surface area contributed by atoms with Crippen molar-refractivity contribution >= 4 is 17.3 Å². The fraction of sp³-hybridized carbons (Fsp3) is 0.621. The lowest BCUT2D eigenvalue weighted by Crippen LogP contribution is -2.56. The van der Waals surface area contributed by atoms with E-state index in [2.05, 4.69) is 13.0 Å². The summed E-state index contributed by atoms with van der Waals surface area (Å²) in [5, 5.41) is 11.8. The molecule has 0 radical (unpaired) electrons. The highest BCUT2D eigenvalue weighted by Crippen LogP contribution is 2.66. The molecule has 2 unspecified atom stereocenters. The van der Waals surface area contributed by atoms with E-state index in [0.29, 0.717) is 36.9 Å². The van der Waals surface area contributed by atoms with Crippen LogP contribution in [0.2, 0.25) is 0 Å². The largest absolute Gasteiger partial charge is 0.381 e. The molecule has 1 N–H and O–H groups in total. The van der Waals surface area contributed by atoms with Crippen molar-refractivity contribution in [1.29, 1.82) is 0 Å². The molecule has 0 bridgehead atoms. The number of carbonyl (C=O) groups is 3. The lowest BCUT2D eigenvalue weighted by molar-refractivity contribution is -0.152. The lowest BCUT2D eigenvalue weighted by Gasteiger charge is -2.57. The Morgan fingerprint density at radius 1 is 1.15 bits per heavy atom. The molecule has 0 amide bonds. The van der Waals surface area contributed by atoms with Gasteiger partial charge in [-0.1, -0.05) is 44.6 Å². The first-order valence-corrected chi connectivity index (χ1v) is 12.8. The first-order chi connectivity index (χ1) is 16.0. The molecular weight excluding hydrogens is 431 g/mol. The van der Waals surface area contributed by atoms with Gasteiger partial charge in [-0.05, 0) is 73.8 Å². The van der Waals surface area contributed by atoms with Crippen LogP contribution in [0.3, 0.4) is 0 Å². The molecule has 4 aliphatic carbocycles. The standard InChI is InChI=1S/C29H35FO4/c1-17-16-27(2)18(14-24(17)31)8-9-19-21(27)10-12-28(3)22(19)11-13-29(28,34)26(33)15-25(32)20-6-4-5-7-23(20)30/h4-7,10,17-19,22,34H,8-9,11-16H2,1-3H3/t17?,18?,19-,22+,27+,28+,29+/m1/s1. The van der Waals surface area contributed by atoms with Gasteiger partial charge in [0.05, 0.1) is 12.0 Å². The smallest absolute Gasteiger partial charge is 0.173 e. The second kappa shape index (κ2) is 7.94. The molecule has 0 saturated heterocycles. The minimum atomic E-state index is -1.59. The Morgan fingerprint density at radius 2 is 1.88 bits per heavy atom. The number of hydrogen-bond acceptors (Lipinski definition) is 4. The third-order valence-electron chi connectivity index (χ3n) is 10.3. The number of aliphatic hydroxyl groups is 1. The highest BCUT2D eigenvalue weighted by Gasteiger charge is 2.65. The van der Waals surface area contributed by atoms with Crippen molar-refractivity contribution in [2.24, 2.45) is 34.5 Å². The van der Waals surface area contributed by atoms with Crippen molar-refractivity contribution in [3.8, 4) is 0 Å². The van der Waals surface area contributed by atoms with Crippen molar-refractivity contribution < 1.29 is 23.9 Å². The second-order valence-electron chi connectivity index (χ2n) is 11.9. The third-order valence-corrected chi connectivity index (χ3v) is 10.3. The average molecular weight is 467 g/mol. The normalized spacial score (nSPS) is 41.2. The van der Waals surface area contributed by atoms with Crippen molar-refractivity contribution in [2.45, 2.75) is 77.7 Å². The summed E-state index contributed by atoms with van der Waals surface area (Å²) in [7, 11) is 0. The van der Waals surface area contributed by atoms with E-state index in [0.717, 1.165) is 25.7 Å². The lowest BCUT2D eigenvalue weighted by atomic mass is 9.47. The van der Waals surface area contributed by atoms with Gasteiger partial charge >= 0.3 is 0 Å². The van der Waals surface area contributed by atoms with E-state index in [9.17, 15) is 23.9 Å². The summed E-state index contributed by atoms with van der Waals surface area (Å²) in [6.45, 7) is 6.37. The minimum Gasteiger partial charge on any atom is -0.381 e. The predicted octanol–water partition coefficient (Wildman–Crippen LogP) is 5.48. The maximum Gasteiger partial charge on any atom is 0.173 e. The van der Waals surface area contributed by atoms with Crippen LogP contribution in [0, 0.1) is 40.3 Å². The van der Waals surface area contributed by atoms with Gasteiger partial charge in [0.15, 0.2) is 11.6 Å². The number of rotatable bonds is 4. The first kappa shape index (κ1) is 23.6. The number of allylic oxidation sites excluding steroid dienone is 2. The van der Waals surface area contributed by atoms with E-state index in [4.69, 9.17) is 0 Å². The fourth-order valence-corrected chi connectivity index (χ4v) is 8.22. The topological polar surface area (TPSA) is 71.4 Å². The number of Topliss-reactive ketones (excluding diaryl/α,β-unsaturated/α-hetero) is 3. The fourth-order valence-electron chi connectivity index (χ4n) is 8.22. The molecule has 0 aromatic heterocycles. The number of carbonyl (C=O) groups excluding carboxylic acids is 3. The van der Waals surface area contributed by atoms with Gasteiger partial charge in [-0.2, -0.15) is 0 Å². The Labute approximate surface area is 201 Å². The van der Waals surface area contributed by atoms with Crippen LogP contribution in [-0.4, -0.2) is 28.1 Å². The summed E-state index contributed by atoms with van der Waals surface area (Å²) in [6, 6.07) is 5.68. The molecule has 3 fully saturated rings. The van der Waals surface area contributed by atoms with E-state index in [1.54, 1.807) is 6.07 Å². The van der Waals surface area contributed by atoms with Crippen LogP contribution in [0.1, 0.15) is 82.5 Å². The number of halogens is 1. The second-order valence-corrected chi connectivity index (χ2v) is 11.9. The van der Waals surface area contributed by atoms with E-state index >= 15 is 0 Å². The van der Waals surface area contributed by atoms with E-state index in [-0.39, 0.29) is 22.8 Å². The number of fused-ring (bicyclic) bond motifs is 5. The van der Waals surface area contributed by atoms with Gasteiger partial charge in [0.2, 0.25) is 0 Å². The van der Waals surface area contributed by atoms with Crippen molar-refractivity contribution in [1.82, 2.24) is 0 Å². The van der Waals surface area contributed by atoms with Gasteiger partial charge in [-0.25, -0.2) is 4.39 Å². The molecule has 3 saturated carbocycles. The minimum absolute atomic E-state index is 0.00307.